The molecule has 140 valence electrons. The number of carbonyl (C=O) groups is 1. The molecule has 7 heteroatoms. The van der Waals surface area contributed by atoms with Gasteiger partial charge < -0.3 is 13.9 Å². The molecule has 1 saturated heterocycles. The van der Waals surface area contributed by atoms with E-state index in [-0.39, 0.29) is 11.9 Å². The van der Waals surface area contributed by atoms with Gasteiger partial charge in [-0.2, -0.15) is 0 Å². The fourth-order valence-corrected chi connectivity index (χ4v) is 3.99. The van der Waals surface area contributed by atoms with Crippen molar-refractivity contribution in [2.24, 2.45) is 0 Å². The van der Waals surface area contributed by atoms with Crippen molar-refractivity contribution in [3.05, 3.63) is 71.6 Å². The first kappa shape index (κ1) is 17.0. The Hall–Kier alpha value is -3.12. The lowest BCUT2D eigenvalue weighted by molar-refractivity contribution is 0.0788. The number of imidazole rings is 1. The third kappa shape index (κ3) is 2.86. The lowest BCUT2D eigenvalue weighted by Crippen LogP contribution is -2.29. The summed E-state index contributed by atoms with van der Waals surface area (Å²) in [4.78, 5) is 24.0. The number of furan rings is 1. The van der Waals surface area contributed by atoms with Gasteiger partial charge in [0.15, 0.2) is 17.2 Å². The second-order valence-electron chi connectivity index (χ2n) is 6.83. The van der Waals surface area contributed by atoms with Gasteiger partial charge in [-0.05, 0) is 48.9 Å². The smallest absolute Gasteiger partial charge is 0.253 e. The van der Waals surface area contributed by atoms with Crippen LogP contribution >= 0.6 is 11.6 Å². The van der Waals surface area contributed by atoms with Crippen LogP contribution < -0.4 is 0 Å². The van der Waals surface area contributed by atoms with Crippen LogP contribution in [0.4, 0.5) is 0 Å². The molecule has 0 aliphatic carbocycles. The van der Waals surface area contributed by atoms with Crippen molar-refractivity contribution in [1.29, 1.82) is 0 Å². The molecule has 0 unspecified atom stereocenters. The Morgan fingerprint density at radius 2 is 2.11 bits per heavy atom. The molecule has 1 aliphatic heterocycles. The van der Waals surface area contributed by atoms with Gasteiger partial charge in [-0.25, -0.2) is 9.97 Å². The standard InChI is InChI=1S/C21H17ClN4O2/c22-15-5-1-4-14(12-15)21(27)25-10-8-16(13-25)26-19-17(6-2-9-23-19)24-20(26)18-7-3-11-28-18/h1-7,9,11-12,16H,8,10,13H2/t16-/m0/s1. The fraction of sp³-hybridized carbons (Fsp3) is 0.190. The van der Waals surface area contributed by atoms with Crippen LogP contribution in [0.25, 0.3) is 22.7 Å². The van der Waals surface area contributed by atoms with Crippen molar-refractivity contribution in [2.45, 2.75) is 12.5 Å². The minimum atomic E-state index is -0.0121. The summed E-state index contributed by atoms with van der Waals surface area (Å²) in [5.74, 6) is 1.42. The molecule has 4 aromatic rings. The average Bonchev–Trinajstić information content (AvgIpc) is 3.45. The summed E-state index contributed by atoms with van der Waals surface area (Å²) in [6.07, 6.45) is 4.22. The van der Waals surface area contributed by atoms with E-state index < -0.39 is 0 Å². The van der Waals surface area contributed by atoms with E-state index in [4.69, 9.17) is 21.0 Å². The molecule has 1 aliphatic rings. The summed E-state index contributed by atoms with van der Waals surface area (Å²) < 4.78 is 7.70. The van der Waals surface area contributed by atoms with Gasteiger partial charge in [0.2, 0.25) is 0 Å². The number of aromatic nitrogens is 3. The predicted octanol–water partition coefficient (Wildman–Crippen LogP) is 4.43. The van der Waals surface area contributed by atoms with Gasteiger partial charge in [-0.3, -0.25) is 4.79 Å². The summed E-state index contributed by atoms with van der Waals surface area (Å²) in [6, 6.07) is 14.7. The molecule has 0 spiro atoms. The second kappa shape index (κ2) is 6.80. The van der Waals surface area contributed by atoms with Crippen LogP contribution in [0.15, 0.2) is 65.4 Å². The first-order chi connectivity index (χ1) is 13.7. The third-order valence-corrected chi connectivity index (χ3v) is 5.31. The number of benzene rings is 1. The molecule has 6 nitrogen and oxygen atoms in total. The highest BCUT2D eigenvalue weighted by Crippen LogP contribution is 2.32. The van der Waals surface area contributed by atoms with E-state index in [1.54, 1.807) is 36.7 Å². The Balaban J connectivity index is 1.50. The summed E-state index contributed by atoms with van der Waals surface area (Å²) in [6.45, 7) is 1.25. The number of pyridine rings is 1. The molecule has 0 saturated carbocycles. The van der Waals surface area contributed by atoms with Crippen LogP contribution in [-0.2, 0) is 0 Å². The summed E-state index contributed by atoms with van der Waals surface area (Å²) in [7, 11) is 0. The Kier molecular flexibility index (Phi) is 4.13. The van der Waals surface area contributed by atoms with E-state index in [2.05, 4.69) is 9.55 Å². The molecule has 1 aromatic carbocycles. The number of amides is 1. The molecule has 28 heavy (non-hydrogen) atoms. The molecule has 1 atom stereocenters. The van der Waals surface area contributed by atoms with Crippen molar-refractivity contribution < 1.29 is 9.21 Å². The van der Waals surface area contributed by atoms with E-state index >= 15 is 0 Å². The van der Waals surface area contributed by atoms with Crippen LogP contribution in [0.3, 0.4) is 0 Å². The summed E-state index contributed by atoms with van der Waals surface area (Å²) in [5.41, 5.74) is 2.22. The molecule has 0 bridgehead atoms. The number of halogens is 1. The molecule has 4 heterocycles. The first-order valence-electron chi connectivity index (χ1n) is 9.12. The van der Waals surface area contributed by atoms with Crippen LogP contribution in [0.1, 0.15) is 22.8 Å². The minimum absolute atomic E-state index is 0.0121. The fourth-order valence-electron chi connectivity index (χ4n) is 3.80. The van der Waals surface area contributed by atoms with Gasteiger partial charge in [0.25, 0.3) is 5.91 Å². The van der Waals surface area contributed by atoms with Crippen molar-refractivity contribution in [3.8, 4) is 11.6 Å². The number of likely N-dealkylation sites (tertiary alicyclic amines) is 1. The predicted molar refractivity (Wildman–Crippen MR) is 106 cm³/mol. The van der Waals surface area contributed by atoms with Crippen molar-refractivity contribution in [1.82, 2.24) is 19.4 Å². The van der Waals surface area contributed by atoms with E-state index in [0.29, 0.717) is 29.4 Å². The zero-order valence-electron chi connectivity index (χ0n) is 15.0. The second-order valence-corrected chi connectivity index (χ2v) is 7.27. The lowest BCUT2D eigenvalue weighted by Gasteiger charge is -2.18. The third-order valence-electron chi connectivity index (χ3n) is 5.08. The number of hydrogen-bond donors (Lipinski definition) is 0. The van der Waals surface area contributed by atoms with Crippen LogP contribution in [0, 0.1) is 0 Å². The van der Waals surface area contributed by atoms with Crippen molar-refractivity contribution >= 4 is 28.7 Å². The zero-order chi connectivity index (χ0) is 19.1. The Morgan fingerprint density at radius 1 is 1.18 bits per heavy atom. The summed E-state index contributed by atoms with van der Waals surface area (Å²) in [5, 5.41) is 0.562. The molecule has 1 fully saturated rings. The van der Waals surface area contributed by atoms with E-state index in [1.807, 2.05) is 29.2 Å². The highest BCUT2D eigenvalue weighted by Gasteiger charge is 2.31. The highest BCUT2D eigenvalue weighted by molar-refractivity contribution is 6.30. The molecule has 0 radical (unpaired) electrons. The van der Waals surface area contributed by atoms with Gasteiger partial charge in [0, 0.05) is 29.9 Å². The Morgan fingerprint density at radius 3 is 2.93 bits per heavy atom. The van der Waals surface area contributed by atoms with E-state index in [1.165, 1.54) is 0 Å². The lowest BCUT2D eigenvalue weighted by atomic mass is 10.2. The van der Waals surface area contributed by atoms with Crippen LogP contribution in [0.2, 0.25) is 5.02 Å². The maximum atomic E-state index is 12.9. The number of carbonyl (C=O) groups excluding carboxylic acids is 1. The normalized spacial score (nSPS) is 16.8. The molecule has 3 aromatic heterocycles. The molecule has 0 N–H and O–H groups in total. The minimum Gasteiger partial charge on any atom is -0.461 e. The van der Waals surface area contributed by atoms with Crippen molar-refractivity contribution in [2.75, 3.05) is 13.1 Å². The number of rotatable bonds is 3. The Labute approximate surface area is 166 Å². The maximum Gasteiger partial charge on any atom is 0.253 e. The first-order valence-corrected chi connectivity index (χ1v) is 9.50. The maximum absolute atomic E-state index is 12.9. The molecular formula is C21H17ClN4O2. The summed E-state index contributed by atoms with van der Waals surface area (Å²) >= 11 is 6.05. The molecule has 5 rings (SSSR count). The van der Waals surface area contributed by atoms with Gasteiger partial charge in [-0.15, -0.1) is 0 Å². The van der Waals surface area contributed by atoms with Crippen LogP contribution in [0.5, 0.6) is 0 Å². The largest absolute Gasteiger partial charge is 0.461 e. The number of fused-ring (bicyclic) bond motifs is 1. The molecular weight excluding hydrogens is 376 g/mol. The number of hydrogen-bond acceptors (Lipinski definition) is 4. The average molecular weight is 393 g/mol. The Bertz CT molecular complexity index is 1150. The van der Waals surface area contributed by atoms with Gasteiger partial charge in [0.1, 0.15) is 5.52 Å². The van der Waals surface area contributed by atoms with Crippen molar-refractivity contribution in [3.63, 3.8) is 0 Å². The van der Waals surface area contributed by atoms with Crippen LogP contribution in [-0.4, -0.2) is 38.4 Å². The SMILES string of the molecule is O=C(c1cccc(Cl)c1)N1CC[C@H](n2c(-c3ccco3)nc3cccnc32)C1. The zero-order valence-corrected chi connectivity index (χ0v) is 15.7. The number of nitrogens with zero attached hydrogens (tertiary/aromatic N) is 4. The topological polar surface area (TPSA) is 64.2 Å². The quantitative estimate of drug-likeness (QED) is 0.517. The molecule has 1 amide bonds. The van der Waals surface area contributed by atoms with Gasteiger partial charge in [-0.1, -0.05) is 17.7 Å². The highest BCUT2D eigenvalue weighted by atomic mass is 35.5. The monoisotopic (exact) mass is 392 g/mol. The van der Waals surface area contributed by atoms with E-state index in [9.17, 15) is 4.79 Å². The van der Waals surface area contributed by atoms with Gasteiger partial charge in [0.05, 0.1) is 12.3 Å². The van der Waals surface area contributed by atoms with Gasteiger partial charge >= 0.3 is 0 Å². The van der Waals surface area contributed by atoms with E-state index in [0.717, 1.165) is 23.4 Å².